The number of fused-ring (bicyclic) bond motifs is 3. The quantitative estimate of drug-likeness (QED) is 0.188. The number of anilines is 3. The van der Waals surface area contributed by atoms with Gasteiger partial charge < -0.3 is 16.4 Å². The van der Waals surface area contributed by atoms with Gasteiger partial charge in [-0.15, -0.1) is 30.6 Å². The molecule has 0 fully saturated rings. The van der Waals surface area contributed by atoms with E-state index in [9.17, 15) is 8.78 Å². The van der Waals surface area contributed by atoms with Crippen molar-refractivity contribution in [3.63, 3.8) is 0 Å². The van der Waals surface area contributed by atoms with Crippen LogP contribution in [0.15, 0.2) is 116 Å². The molecule has 4 N–H and O–H groups in total. The van der Waals surface area contributed by atoms with Crippen molar-refractivity contribution in [3.05, 3.63) is 162 Å². The van der Waals surface area contributed by atoms with E-state index in [0.717, 1.165) is 23.7 Å². The zero-order chi connectivity index (χ0) is 38.1. The van der Waals surface area contributed by atoms with Crippen molar-refractivity contribution in [1.29, 1.82) is 0 Å². The van der Waals surface area contributed by atoms with Crippen molar-refractivity contribution in [2.45, 2.75) is 19.3 Å². The number of hydrogen-bond acceptors (Lipinski definition) is 12. The van der Waals surface area contributed by atoms with Crippen molar-refractivity contribution in [3.8, 4) is 0 Å². The minimum atomic E-state index is -0.253. The highest BCUT2D eigenvalue weighted by molar-refractivity contribution is 5.62. The molecule has 15 nitrogen and oxygen atoms in total. The summed E-state index contributed by atoms with van der Waals surface area (Å²) in [5, 5.41) is 30.5. The third kappa shape index (κ3) is 7.99. The number of nitrogens with one attached hydrogen (secondary N) is 2. The maximum absolute atomic E-state index is 13.6. The first kappa shape index (κ1) is 36.0. The first-order chi connectivity index (χ1) is 26.9. The number of nitrogen functional groups attached to an aromatic ring is 1. The van der Waals surface area contributed by atoms with Crippen molar-refractivity contribution in [2.75, 3.05) is 30.5 Å². The van der Waals surface area contributed by atoms with Crippen molar-refractivity contribution >= 4 is 34.4 Å². The zero-order valence-corrected chi connectivity index (χ0v) is 29.8. The van der Waals surface area contributed by atoms with Crippen LogP contribution in [-0.4, -0.2) is 72.8 Å². The van der Waals surface area contributed by atoms with Crippen molar-refractivity contribution in [1.82, 2.24) is 58.7 Å². The Morgan fingerprint density at radius 3 is 1.42 bits per heavy atom. The number of halogens is 2. The number of nitrogens with two attached hydrogens (primary N) is 1. The van der Waals surface area contributed by atoms with Crippen LogP contribution < -0.4 is 16.4 Å². The Morgan fingerprint density at radius 1 is 0.509 bits per heavy atom. The van der Waals surface area contributed by atoms with Gasteiger partial charge in [0, 0.05) is 70.5 Å². The van der Waals surface area contributed by atoms with Crippen LogP contribution >= 0.6 is 0 Å². The van der Waals surface area contributed by atoms with Gasteiger partial charge in [0.1, 0.15) is 29.1 Å². The Hall–Kier alpha value is -7.43. The predicted molar refractivity (Wildman–Crippen MR) is 204 cm³/mol. The average molecular weight is 740 g/mol. The monoisotopic (exact) mass is 739 g/mol. The van der Waals surface area contributed by atoms with Gasteiger partial charge in [-0.1, -0.05) is 66.7 Å². The molecule has 0 aliphatic rings. The Balaban J connectivity index is 0.000000127. The molecule has 9 rings (SSSR count). The highest BCUT2D eigenvalue weighted by Crippen LogP contribution is 2.18. The molecule has 0 amide bonds. The molecule has 0 aliphatic carbocycles. The second-order valence-electron chi connectivity index (χ2n) is 12.0. The predicted octanol–water partition coefficient (Wildman–Crippen LogP) is 5.09. The normalized spacial score (nSPS) is 10.8. The third-order valence-corrected chi connectivity index (χ3v) is 8.51. The molecule has 6 aromatic heterocycles. The number of benzene rings is 3. The van der Waals surface area contributed by atoms with E-state index in [1.54, 1.807) is 72.8 Å². The minimum Gasteiger partial charge on any atom is -0.381 e. The molecule has 3 aromatic carbocycles. The summed E-state index contributed by atoms with van der Waals surface area (Å²) >= 11 is 0. The van der Waals surface area contributed by atoms with Crippen LogP contribution in [0.2, 0.25) is 0 Å². The second-order valence-corrected chi connectivity index (χ2v) is 12.0. The molecule has 55 heavy (non-hydrogen) atoms. The van der Waals surface area contributed by atoms with Crippen molar-refractivity contribution < 1.29 is 8.78 Å². The smallest absolute Gasteiger partial charge is 0.203 e. The van der Waals surface area contributed by atoms with Crippen molar-refractivity contribution in [2.24, 2.45) is 0 Å². The highest BCUT2D eigenvalue weighted by Gasteiger charge is 2.13. The summed E-state index contributed by atoms with van der Waals surface area (Å²) in [5.41, 5.74) is 9.95. The lowest BCUT2D eigenvalue weighted by atomic mass is 10.1. The van der Waals surface area contributed by atoms with E-state index < -0.39 is 0 Å². The molecule has 0 radical (unpaired) electrons. The molecule has 0 aliphatic heterocycles. The number of rotatable bonds is 8. The summed E-state index contributed by atoms with van der Waals surface area (Å²) in [7, 11) is 3.60. The summed E-state index contributed by atoms with van der Waals surface area (Å²) in [6.07, 6.45) is 11.8. The Morgan fingerprint density at radius 2 is 0.927 bits per heavy atom. The molecule has 276 valence electrons. The van der Waals surface area contributed by atoms with Gasteiger partial charge in [-0.25, -0.2) is 23.7 Å². The largest absolute Gasteiger partial charge is 0.381 e. The van der Waals surface area contributed by atoms with Crippen LogP contribution in [0.5, 0.6) is 0 Å². The first-order valence-corrected chi connectivity index (χ1v) is 17.1. The van der Waals surface area contributed by atoms with Gasteiger partial charge in [-0.05, 0) is 28.8 Å². The molecule has 17 heteroatoms. The first-order valence-electron chi connectivity index (χ1n) is 17.1. The van der Waals surface area contributed by atoms with Gasteiger partial charge in [-0.2, -0.15) is 0 Å². The van der Waals surface area contributed by atoms with E-state index >= 15 is 0 Å². The fraction of sp³-hybridized carbons (Fsp3) is 0.132. The second kappa shape index (κ2) is 16.5. The van der Waals surface area contributed by atoms with Gasteiger partial charge in [-0.3, -0.25) is 13.2 Å². The van der Waals surface area contributed by atoms with E-state index in [1.807, 2.05) is 46.3 Å². The molecule has 9 aromatic rings. The van der Waals surface area contributed by atoms with Crippen LogP contribution in [0, 0.1) is 11.6 Å². The van der Waals surface area contributed by atoms with Gasteiger partial charge in [0.15, 0.2) is 17.5 Å². The standard InChI is InChI=1S/C13H12FN5.C13H13N5.C12H10FN5/c1-15-12-13-18-17-11(19(13)7-6-16-12)8-9-4-2-3-5-10(9)14;1-14-12-13-17-16-11(18(13)8-7-15-12)9-10-5-3-2-4-6-10;13-9-4-2-1-3-8(9)7-10-16-17-12-11(14)15-5-6-18(10)12/h2-7H,8H2,1H3,(H,15,16);2-8H,9H2,1H3,(H,14,15);1-6H,7H2,(H2,14,15). The van der Waals surface area contributed by atoms with Crippen LogP contribution in [0.25, 0.3) is 16.9 Å². The van der Waals surface area contributed by atoms with Crippen LogP contribution in [-0.2, 0) is 19.3 Å². The summed E-state index contributed by atoms with van der Waals surface area (Å²) in [6, 6.07) is 23.5. The summed E-state index contributed by atoms with van der Waals surface area (Å²) in [6.45, 7) is 0. The summed E-state index contributed by atoms with van der Waals surface area (Å²) < 4.78 is 32.7. The topological polar surface area (TPSA) is 179 Å². The van der Waals surface area contributed by atoms with E-state index in [-0.39, 0.29) is 11.6 Å². The van der Waals surface area contributed by atoms with E-state index in [2.05, 4.69) is 68.3 Å². The minimum absolute atomic E-state index is 0.234. The lowest BCUT2D eigenvalue weighted by Gasteiger charge is -2.03. The van der Waals surface area contributed by atoms with Crippen LogP contribution in [0.1, 0.15) is 34.2 Å². The fourth-order valence-electron chi connectivity index (χ4n) is 5.76. The molecule has 0 unspecified atom stereocenters. The number of nitrogens with zero attached hydrogens (tertiary/aromatic N) is 12. The summed E-state index contributed by atoms with van der Waals surface area (Å²) in [5.74, 6) is 3.43. The van der Waals surface area contributed by atoms with Gasteiger partial charge >= 0.3 is 0 Å². The highest BCUT2D eigenvalue weighted by atomic mass is 19.1. The Labute approximate surface area is 313 Å². The van der Waals surface area contributed by atoms with Gasteiger partial charge in [0.05, 0.1) is 0 Å². The molecular weight excluding hydrogens is 705 g/mol. The molecule has 0 saturated heterocycles. The number of hydrogen-bond donors (Lipinski definition) is 3. The van der Waals surface area contributed by atoms with Gasteiger partial charge in [0.25, 0.3) is 0 Å². The summed E-state index contributed by atoms with van der Waals surface area (Å²) in [4.78, 5) is 12.3. The lowest BCUT2D eigenvalue weighted by molar-refractivity contribution is 0.611. The SMILES string of the molecule is CNc1nccn2c(Cc3ccccc3)nnc12.CNc1nccn2c(Cc3ccccc3F)nnc12.Nc1nccn2c(Cc3ccccc3F)nnc12. The van der Waals surface area contributed by atoms with Crippen LogP contribution in [0.4, 0.5) is 26.2 Å². The lowest BCUT2D eigenvalue weighted by Crippen LogP contribution is -2.01. The molecule has 0 atom stereocenters. The Bertz CT molecular complexity index is 2670. The third-order valence-electron chi connectivity index (χ3n) is 8.51. The average Bonchev–Trinajstić information content (AvgIpc) is 3.95. The molecule has 0 saturated carbocycles. The number of aromatic nitrogens is 12. The molecule has 0 spiro atoms. The van der Waals surface area contributed by atoms with E-state index in [1.165, 1.54) is 17.7 Å². The molecular formula is C38H35F2N15. The fourth-order valence-corrected chi connectivity index (χ4v) is 5.76. The Kier molecular flexibility index (Phi) is 10.8. The van der Waals surface area contributed by atoms with E-state index in [0.29, 0.717) is 58.5 Å². The maximum Gasteiger partial charge on any atom is 0.203 e. The van der Waals surface area contributed by atoms with Gasteiger partial charge in [0.2, 0.25) is 16.9 Å². The van der Waals surface area contributed by atoms with E-state index in [4.69, 9.17) is 5.73 Å². The van der Waals surface area contributed by atoms with Crippen LogP contribution in [0.3, 0.4) is 0 Å². The molecule has 0 bridgehead atoms. The zero-order valence-electron chi connectivity index (χ0n) is 29.8. The maximum atomic E-state index is 13.6. The molecule has 6 heterocycles.